The molecule has 0 aromatic heterocycles. The minimum Gasteiger partial charge on any atom is -0.456 e. The molecule has 3 aliphatic carbocycles. The molecule has 4 aliphatic rings. The van der Waals surface area contributed by atoms with E-state index in [1.165, 1.54) is 32.0 Å². The fourth-order valence-corrected chi connectivity index (χ4v) is 11.1. The number of anilines is 1. The van der Waals surface area contributed by atoms with E-state index in [-0.39, 0.29) is 40.9 Å². The van der Waals surface area contributed by atoms with Gasteiger partial charge in [0.25, 0.3) is 5.91 Å². The average molecular weight is 959 g/mol. The molecule has 16 heteroatoms. The van der Waals surface area contributed by atoms with Crippen molar-refractivity contribution in [1.82, 2.24) is 5.32 Å². The summed E-state index contributed by atoms with van der Waals surface area (Å²) in [7, 11) is 3.56. The number of esters is 4. The third-order valence-electron chi connectivity index (χ3n) is 15.0. The van der Waals surface area contributed by atoms with Gasteiger partial charge in [-0.15, -0.1) is 0 Å². The Morgan fingerprint density at radius 1 is 0.800 bits per heavy atom. The van der Waals surface area contributed by atoms with Crippen molar-refractivity contribution in [3.05, 3.63) is 149 Å². The number of aliphatic hydroxyl groups excluding tert-OH is 2. The summed E-state index contributed by atoms with van der Waals surface area (Å²) in [6.07, 6.45) is -10.9. The Bertz CT molecular complexity index is 2710. The van der Waals surface area contributed by atoms with E-state index in [0.29, 0.717) is 11.3 Å². The van der Waals surface area contributed by atoms with Crippen molar-refractivity contribution >= 4 is 41.3 Å². The van der Waals surface area contributed by atoms with E-state index in [9.17, 15) is 39.3 Å². The zero-order valence-electron chi connectivity index (χ0n) is 40.0. The van der Waals surface area contributed by atoms with Crippen molar-refractivity contribution in [2.24, 2.45) is 16.7 Å². The molecule has 0 spiro atoms. The number of fused-ring (bicyclic) bond motifs is 5. The number of nitrogens with one attached hydrogen (secondary N) is 1. The molecule has 4 aromatic carbocycles. The lowest BCUT2D eigenvalue weighted by Gasteiger charge is -2.67. The largest absolute Gasteiger partial charge is 0.456 e. The molecule has 2 bridgehead atoms. The van der Waals surface area contributed by atoms with Crippen LogP contribution >= 0.6 is 0 Å². The molecule has 8 rings (SSSR count). The van der Waals surface area contributed by atoms with Gasteiger partial charge in [-0.2, -0.15) is 0 Å². The lowest BCUT2D eigenvalue weighted by molar-refractivity contribution is -0.345. The van der Waals surface area contributed by atoms with Crippen LogP contribution in [0.1, 0.15) is 90.1 Å². The van der Waals surface area contributed by atoms with E-state index >= 15 is 4.79 Å². The van der Waals surface area contributed by atoms with E-state index in [2.05, 4.69) is 5.32 Å². The summed E-state index contributed by atoms with van der Waals surface area (Å²) >= 11 is 0. The summed E-state index contributed by atoms with van der Waals surface area (Å²) in [6, 6.07) is 29.4. The Morgan fingerprint density at radius 3 is 1.97 bits per heavy atom. The van der Waals surface area contributed by atoms with Crippen LogP contribution in [0.2, 0.25) is 0 Å². The predicted molar refractivity (Wildman–Crippen MR) is 252 cm³/mol. The molecular formula is C54H58N2O14. The van der Waals surface area contributed by atoms with Crippen molar-refractivity contribution in [3.8, 4) is 0 Å². The van der Waals surface area contributed by atoms with Gasteiger partial charge >= 0.3 is 23.9 Å². The van der Waals surface area contributed by atoms with Crippen LogP contribution in [0, 0.1) is 16.7 Å². The molecule has 16 nitrogen and oxygen atoms in total. The first-order valence-corrected chi connectivity index (χ1v) is 23.2. The second-order valence-electron chi connectivity index (χ2n) is 19.6. The van der Waals surface area contributed by atoms with Crippen LogP contribution in [0.4, 0.5) is 5.69 Å². The first-order valence-electron chi connectivity index (χ1n) is 23.2. The molecule has 3 fully saturated rings. The number of amides is 1. The molecule has 1 amide bonds. The molecule has 1 unspecified atom stereocenters. The van der Waals surface area contributed by atoms with E-state index in [1.54, 1.807) is 130 Å². The molecule has 1 saturated heterocycles. The van der Waals surface area contributed by atoms with E-state index in [1.807, 2.05) is 0 Å². The molecule has 368 valence electrons. The molecule has 70 heavy (non-hydrogen) atoms. The van der Waals surface area contributed by atoms with Crippen molar-refractivity contribution in [2.75, 3.05) is 25.6 Å². The van der Waals surface area contributed by atoms with Gasteiger partial charge in [-0.05, 0) is 73.0 Å². The number of ketones is 1. The first-order chi connectivity index (χ1) is 33.1. The van der Waals surface area contributed by atoms with Crippen molar-refractivity contribution in [1.29, 1.82) is 0 Å². The third-order valence-corrected chi connectivity index (χ3v) is 15.0. The molecule has 4 N–H and O–H groups in total. The molecule has 1 aliphatic heterocycles. The Balaban J connectivity index is 1.31. The Hall–Kier alpha value is -6.72. The van der Waals surface area contributed by atoms with Crippen LogP contribution in [-0.2, 0) is 38.1 Å². The lowest BCUT2D eigenvalue weighted by atomic mass is 9.44. The minimum absolute atomic E-state index is 0.0335. The average Bonchev–Trinajstić information content (AvgIpc) is 3.34. The Morgan fingerprint density at radius 2 is 1.39 bits per heavy atom. The maximum absolute atomic E-state index is 16.1. The summed E-state index contributed by atoms with van der Waals surface area (Å²) in [5.41, 5.74) is -6.66. The second kappa shape index (κ2) is 18.9. The summed E-state index contributed by atoms with van der Waals surface area (Å²) in [5, 5.41) is 41.1. The number of ether oxygens (including phenoxy) is 5. The van der Waals surface area contributed by atoms with Crippen LogP contribution in [0.5, 0.6) is 0 Å². The van der Waals surface area contributed by atoms with Gasteiger partial charge in [-0.25, -0.2) is 14.4 Å². The molecule has 1 heterocycles. The number of nitrogens with zero attached hydrogens (tertiary/aromatic N) is 1. The van der Waals surface area contributed by atoms with Crippen LogP contribution in [0.25, 0.3) is 0 Å². The molecule has 0 radical (unpaired) electrons. The molecule has 4 aromatic rings. The van der Waals surface area contributed by atoms with Gasteiger partial charge in [-0.3, -0.25) is 14.4 Å². The molecule has 11 atom stereocenters. The van der Waals surface area contributed by atoms with E-state index < -0.39 is 113 Å². The zero-order valence-corrected chi connectivity index (χ0v) is 40.0. The number of hydrogen-bond donors (Lipinski definition) is 4. The van der Waals surface area contributed by atoms with Gasteiger partial charge in [0.1, 0.15) is 23.9 Å². The van der Waals surface area contributed by atoms with Crippen LogP contribution < -0.4 is 10.2 Å². The number of aliphatic hydroxyl groups is 3. The highest BCUT2D eigenvalue weighted by molar-refractivity contribution is 5.99. The number of carbonyl (C=O) groups is 6. The predicted octanol–water partition coefficient (Wildman–Crippen LogP) is 5.10. The summed E-state index contributed by atoms with van der Waals surface area (Å²) in [6.45, 7) is 6.91. The normalized spacial score (nSPS) is 29.5. The fraction of sp³-hybridized carbons (Fsp3) is 0.407. The highest BCUT2D eigenvalue weighted by Crippen LogP contribution is 2.64. The molecular weight excluding hydrogens is 901 g/mol. The van der Waals surface area contributed by atoms with Gasteiger partial charge in [0.15, 0.2) is 23.6 Å². The summed E-state index contributed by atoms with van der Waals surface area (Å²) in [4.78, 5) is 88.3. The number of benzene rings is 4. The lowest BCUT2D eigenvalue weighted by Crippen LogP contribution is -2.82. The van der Waals surface area contributed by atoms with E-state index in [0.717, 1.165) is 6.92 Å². The monoisotopic (exact) mass is 958 g/mol. The number of Topliss-reactive ketones (excluding diaryl/α,β-unsaturated/α-hetero) is 1. The van der Waals surface area contributed by atoms with Gasteiger partial charge in [-0.1, -0.05) is 86.6 Å². The van der Waals surface area contributed by atoms with Gasteiger partial charge in [0.05, 0.1) is 41.2 Å². The second-order valence-corrected chi connectivity index (χ2v) is 19.6. The maximum atomic E-state index is 16.1. The fourth-order valence-electron chi connectivity index (χ4n) is 11.1. The highest BCUT2D eigenvalue weighted by Gasteiger charge is 2.78. The van der Waals surface area contributed by atoms with Gasteiger partial charge in [0, 0.05) is 50.5 Å². The topological polar surface area (TPSA) is 225 Å². The van der Waals surface area contributed by atoms with Crippen LogP contribution in [-0.4, -0.2) is 119 Å². The van der Waals surface area contributed by atoms with E-state index in [4.69, 9.17) is 23.7 Å². The summed E-state index contributed by atoms with van der Waals surface area (Å²) < 4.78 is 31.2. The molecule has 2 saturated carbocycles. The standard InChI is InChI=1S/C54H58N2O14/c1-30-37(67-50(64)42(59)41(32-18-11-8-12-19-32)55-47(61)33-20-13-9-14-21-33)28-54(65)46(69-48(62)34-22-15-10-16-23-34)44-52(5,38(58)27-39-53(44,29-66-39)70-31(2)57)45(60)43(40(30)51(54,3)4)68-49(63)35-24-17-25-36(26-35)56(6)7/h8-26,37-39,41-44,46,58-59,65H,27-29H2,1-7H3,(H,55,61)/t37-,38-,39+,41-,42+,43?,44-,46-,52+,53-,54+/m0/s1. The van der Waals surface area contributed by atoms with Crippen molar-refractivity contribution < 1.29 is 67.8 Å². The maximum Gasteiger partial charge on any atom is 0.339 e. The summed E-state index contributed by atoms with van der Waals surface area (Å²) in [5.74, 6) is -7.02. The van der Waals surface area contributed by atoms with Gasteiger partial charge in [0.2, 0.25) is 0 Å². The smallest absolute Gasteiger partial charge is 0.339 e. The quantitative estimate of drug-likeness (QED) is 0.0824. The van der Waals surface area contributed by atoms with Crippen molar-refractivity contribution in [3.63, 3.8) is 0 Å². The van der Waals surface area contributed by atoms with Crippen LogP contribution in [0.3, 0.4) is 0 Å². The zero-order chi connectivity index (χ0) is 50.5. The number of rotatable bonds is 12. The van der Waals surface area contributed by atoms with Crippen LogP contribution in [0.15, 0.2) is 126 Å². The minimum atomic E-state index is -2.45. The SMILES string of the molecule is CC(=O)O[C@@]12CO[C@@H]1C[C@H](O)[C@@]1(C)C(=O)C(OC(=O)c3cccc(N(C)C)c3)C3=C(C)[C@@H](OC(=O)[C@H](O)[C@@H](NC(=O)c4ccccc4)c4ccccc4)C[C@@](O)([C@@H](OC(=O)c4ccccc4)[C@H]21)C3(C)C. The van der Waals surface area contributed by atoms with Crippen molar-refractivity contribution in [2.45, 2.75) is 101 Å². The van der Waals surface area contributed by atoms with Gasteiger partial charge < -0.3 is 49.2 Å². The number of carbonyl (C=O) groups excluding carboxylic acids is 6. The first kappa shape index (κ1) is 49.7. The highest BCUT2D eigenvalue weighted by atomic mass is 16.6. The Kier molecular flexibility index (Phi) is 13.4. The Labute approximate surface area is 405 Å². The number of hydrogen-bond acceptors (Lipinski definition) is 15. The third kappa shape index (κ3) is 8.46.